The van der Waals surface area contributed by atoms with E-state index in [1.165, 1.54) is 18.1 Å². The van der Waals surface area contributed by atoms with E-state index in [-0.39, 0.29) is 5.60 Å². The minimum absolute atomic E-state index is 0.0499. The van der Waals surface area contributed by atoms with E-state index in [4.69, 9.17) is 4.43 Å². The third-order valence-electron chi connectivity index (χ3n) is 2.46. The van der Waals surface area contributed by atoms with Gasteiger partial charge in [0.15, 0.2) is 8.32 Å². The molecule has 0 aliphatic carbocycles. The van der Waals surface area contributed by atoms with Crippen molar-refractivity contribution in [3.8, 4) is 0 Å². The van der Waals surface area contributed by atoms with Crippen LogP contribution in [0.15, 0.2) is 0 Å². The molecule has 2 heteroatoms. The van der Waals surface area contributed by atoms with Gasteiger partial charge in [-0.25, -0.2) is 0 Å². The molecule has 1 nitrogen and oxygen atoms in total. The molecule has 0 aliphatic rings. The number of hydrogen-bond donors (Lipinski definition) is 0. The second-order valence-electron chi connectivity index (χ2n) is 4.46. The predicted molar refractivity (Wildman–Crippen MR) is 58.0 cm³/mol. The van der Waals surface area contributed by atoms with Crippen molar-refractivity contribution in [2.24, 2.45) is 0 Å². The molecule has 0 bridgehead atoms. The Morgan fingerprint density at radius 1 is 0.917 bits per heavy atom. The molecule has 0 aromatic rings. The zero-order valence-corrected chi connectivity index (χ0v) is 10.5. The lowest BCUT2D eigenvalue weighted by atomic mass is 10.2. The van der Waals surface area contributed by atoms with Crippen LogP contribution in [0.4, 0.5) is 0 Å². The molecule has 74 valence electrons. The van der Waals surface area contributed by atoms with Gasteiger partial charge >= 0.3 is 0 Å². The molecule has 0 aromatic heterocycles. The van der Waals surface area contributed by atoms with E-state index in [0.29, 0.717) is 0 Å². The minimum atomic E-state index is -1.35. The zero-order chi connectivity index (χ0) is 9.83. The maximum Gasteiger partial charge on any atom is 0.192 e. The molecule has 0 saturated heterocycles. The van der Waals surface area contributed by atoms with Crippen LogP contribution in [0.1, 0.15) is 41.5 Å². The molecule has 0 unspecified atom stereocenters. The maximum absolute atomic E-state index is 6.21. The Morgan fingerprint density at radius 2 is 1.25 bits per heavy atom. The van der Waals surface area contributed by atoms with Crippen LogP contribution in [0, 0.1) is 0 Å². The third-order valence-corrected chi connectivity index (χ3v) is 7.37. The first-order valence-corrected chi connectivity index (χ1v) is 7.62. The van der Waals surface area contributed by atoms with E-state index in [1.54, 1.807) is 0 Å². The largest absolute Gasteiger partial charge is 0.412 e. The highest BCUT2D eigenvalue weighted by Crippen LogP contribution is 2.27. The molecule has 0 fully saturated rings. The molecule has 12 heavy (non-hydrogen) atoms. The van der Waals surface area contributed by atoms with Crippen LogP contribution in [0.2, 0.25) is 18.1 Å². The number of hydrogen-bond acceptors (Lipinski definition) is 1. The molecule has 0 heterocycles. The summed E-state index contributed by atoms with van der Waals surface area (Å²) in [5, 5.41) is 0. The molecular weight excluding hydrogens is 164 g/mol. The maximum atomic E-state index is 6.21. The average Bonchev–Trinajstić information content (AvgIpc) is 1.99. The Labute approximate surface area is 78.6 Å². The van der Waals surface area contributed by atoms with E-state index in [0.717, 1.165) is 0 Å². The van der Waals surface area contributed by atoms with Gasteiger partial charge in [0.2, 0.25) is 0 Å². The lowest BCUT2D eigenvalue weighted by Crippen LogP contribution is -2.42. The lowest BCUT2D eigenvalue weighted by Gasteiger charge is -2.36. The topological polar surface area (TPSA) is 9.23 Å². The van der Waals surface area contributed by atoms with Crippen LogP contribution >= 0.6 is 0 Å². The summed E-state index contributed by atoms with van der Waals surface area (Å²) in [5.74, 6) is 0. The van der Waals surface area contributed by atoms with E-state index >= 15 is 0 Å². The van der Waals surface area contributed by atoms with Crippen molar-refractivity contribution in [1.82, 2.24) is 0 Å². The molecular formula is C10H24OSi. The first-order valence-electron chi connectivity index (χ1n) is 5.09. The third kappa shape index (κ3) is 3.72. The minimum Gasteiger partial charge on any atom is -0.412 e. The molecule has 0 saturated carbocycles. The lowest BCUT2D eigenvalue weighted by molar-refractivity contribution is 0.116. The Morgan fingerprint density at radius 3 is 1.33 bits per heavy atom. The van der Waals surface area contributed by atoms with Crippen molar-refractivity contribution in [1.29, 1.82) is 0 Å². The Kier molecular flexibility index (Phi) is 4.49. The van der Waals surface area contributed by atoms with Crippen LogP contribution in [-0.4, -0.2) is 13.9 Å². The summed E-state index contributed by atoms with van der Waals surface area (Å²) in [6.45, 7) is 13.3. The smallest absolute Gasteiger partial charge is 0.192 e. The summed E-state index contributed by atoms with van der Waals surface area (Å²) in [7, 11) is -1.35. The van der Waals surface area contributed by atoms with Gasteiger partial charge in [-0.1, -0.05) is 20.8 Å². The summed E-state index contributed by atoms with van der Waals surface area (Å²) in [4.78, 5) is 0. The van der Waals surface area contributed by atoms with Crippen molar-refractivity contribution < 1.29 is 4.43 Å². The molecule has 0 aromatic carbocycles. The van der Waals surface area contributed by atoms with Gasteiger partial charge in [0.25, 0.3) is 0 Å². The van der Waals surface area contributed by atoms with Gasteiger partial charge in [0.1, 0.15) is 0 Å². The number of rotatable bonds is 4. The summed E-state index contributed by atoms with van der Waals surface area (Å²) >= 11 is 0. The molecule has 0 N–H and O–H groups in total. The Hall–Kier alpha value is 0.177. The summed E-state index contributed by atoms with van der Waals surface area (Å²) in [6, 6.07) is 3.74. The van der Waals surface area contributed by atoms with Crippen molar-refractivity contribution >= 4 is 8.32 Å². The normalized spacial score (nSPS) is 13.5. The Bertz CT molecular complexity index is 114. The first-order chi connectivity index (χ1) is 5.39. The van der Waals surface area contributed by atoms with Gasteiger partial charge in [-0.2, -0.15) is 0 Å². The zero-order valence-electron chi connectivity index (χ0n) is 9.53. The van der Waals surface area contributed by atoms with Crippen molar-refractivity contribution in [3.05, 3.63) is 0 Å². The van der Waals surface area contributed by atoms with E-state index in [1.807, 2.05) is 0 Å². The first kappa shape index (κ1) is 12.2. The summed E-state index contributed by atoms with van der Waals surface area (Å²) in [5.41, 5.74) is 0.0499. The second-order valence-corrected chi connectivity index (χ2v) is 9.15. The van der Waals surface area contributed by atoms with Gasteiger partial charge in [0, 0.05) is 5.60 Å². The highest BCUT2D eigenvalue weighted by Gasteiger charge is 2.33. The average molecular weight is 188 g/mol. The molecule has 0 aliphatic heterocycles. The van der Waals surface area contributed by atoms with E-state index in [2.05, 4.69) is 41.5 Å². The fraction of sp³-hybridized carbons (Fsp3) is 1.00. The molecule has 0 amide bonds. The van der Waals surface area contributed by atoms with Gasteiger partial charge < -0.3 is 4.43 Å². The van der Waals surface area contributed by atoms with Crippen LogP contribution in [0.3, 0.4) is 0 Å². The summed E-state index contributed by atoms with van der Waals surface area (Å²) < 4.78 is 6.21. The van der Waals surface area contributed by atoms with Crippen molar-refractivity contribution in [3.63, 3.8) is 0 Å². The van der Waals surface area contributed by atoms with Crippen LogP contribution < -0.4 is 0 Å². The van der Waals surface area contributed by atoms with Crippen molar-refractivity contribution in [2.75, 3.05) is 0 Å². The van der Waals surface area contributed by atoms with Gasteiger partial charge in [-0.15, -0.1) is 0 Å². The highest BCUT2D eigenvalue weighted by atomic mass is 28.4. The predicted octanol–water partition coefficient (Wildman–Crippen LogP) is 3.81. The highest BCUT2D eigenvalue weighted by molar-refractivity contribution is 6.73. The fourth-order valence-corrected chi connectivity index (χ4v) is 4.85. The SMILES string of the molecule is CC[Si](CC)(CC)OC(C)(C)C. The van der Waals surface area contributed by atoms with Gasteiger partial charge in [-0.05, 0) is 38.9 Å². The van der Waals surface area contributed by atoms with Crippen LogP contribution in [0.5, 0.6) is 0 Å². The quantitative estimate of drug-likeness (QED) is 0.610. The summed E-state index contributed by atoms with van der Waals surface area (Å²) in [6.07, 6.45) is 0. The van der Waals surface area contributed by atoms with Crippen LogP contribution in [-0.2, 0) is 4.43 Å². The molecule has 0 radical (unpaired) electrons. The van der Waals surface area contributed by atoms with Gasteiger partial charge in [0.05, 0.1) is 0 Å². The van der Waals surface area contributed by atoms with Gasteiger partial charge in [-0.3, -0.25) is 0 Å². The standard InChI is InChI=1S/C10H24OSi/c1-7-12(8-2,9-3)11-10(4,5)6/h7-9H2,1-6H3. The molecule has 0 atom stereocenters. The van der Waals surface area contributed by atoms with Crippen LogP contribution in [0.25, 0.3) is 0 Å². The molecule has 0 spiro atoms. The van der Waals surface area contributed by atoms with E-state index < -0.39 is 8.32 Å². The molecule has 0 rings (SSSR count). The van der Waals surface area contributed by atoms with E-state index in [9.17, 15) is 0 Å². The Balaban J connectivity index is 4.30. The fourth-order valence-electron chi connectivity index (χ4n) is 1.62. The van der Waals surface area contributed by atoms with Crippen molar-refractivity contribution in [2.45, 2.75) is 65.3 Å². The second kappa shape index (κ2) is 4.42. The monoisotopic (exact) mass is 188 g/mol.